The molecule has 0 radical (unpaired) electrons. The second kappa shape index (κ2) is 6.29. The van der Waals surface area contributed by atoms with Crippen molar-refractivity contribution in [1.82, 2.24) is 14.5 Å². The maximum atomic E-state index is 12.7. The van der Waals surface area contributed by atoms with Gasteiger partial charge in [0.25, 0.3) is 0 Å². The van der Waals surface area contributed by atoms with Gasteiger partial charge < -0.3 is 0 Å². The predicted octanol–water partition coefficient (Wildman–Crippen LogP) is 3.47. The van der Waals surface area contributed by atoms with Crippen LogP contribution in [0.15, 0.2) is 42.5 Å². The van der Waals surface area contributed by atoms with Crippen molar-refractivity contribution < 1.29 is 21.6 Å². The number of hydrogen-bond donors (Lipinski definition) is 2. The summed E-state index contributed by atoms with van der Waals surface area (Å²) in [5, 5.41) is 7.51. The van der Waals surface area contributed by atoms with Crippen molar-refractivity contribution >= 4 is 26.8 Å². The van der Waals surface area contributed by atoms with E-state index in [1.54, 1.807) is 18.2 Å². The summed E-state index contributed by atoms with van der Waals surface area (Å²) in [5.41, 5.74) is 1.12. The van der Waals surface area contributed by atoms with Gasteiger partial charge in [0.05, 0.1) is 22.5 Å². The van der Waals surface area contributed by atoms with Gasteiger partial charge in [0, 0.05) is 25.0 Å². The number of rotatable bonds is 4. The molecule has 0 atom stereocenters. The molecule has 26 heavy (non-hydrogen) atoms. The fourth-order valence-electron chi connectivity index (χ4n) is 2.35. The Morgan fingerprint density at radius 2 is 1.73 bits per heavy atom. The third-order valence-corrected chi connectivity index (χ3v) is 5.23. The number of hydrogen-bond acceptors (Lipinski definition) is 3. The third-order valence-electron chi connectivity index (χ3n) is 3.78. The molecular formula is C16H15F3N4O2S. The van der Waals surface area contributed by atoms with Gasteiger partial charge in [-0.2, -0.15) is 31.0 Å². The van der Waals surface area contributed by atoms with Gasteiger partial charge in [0.1, 0.15) is 0 Å². The number of aromatic amines is 1. The molecule has 0 saturated heterocycles. The highest BCUT2D eigenvalue weighted by molar-refractivity contribution is 7.90. The first-order chi connectivity index (χ1) is 12.1. The standard InChI is InChI=1S/C16H15F3N4O2S/c1-23(2)26(24,25)22-12-7-8-14-13(9-12)15(21-20-14)10-3-5-11(6-4-10)16(17,18)19/h3-9,22H,1-2H3,(H,20,21). The lowest BCUT2D eigenvalue weighted by Crippen LogP contribution is -2.28. The van der Waals surface area contributed by atoms with Gasteiger partial charge in [-0.05, 0) is 30.3 Å². The topological polar surface area (TPSA) is 78.1 Å². The van der Waals surface area contributed by atoms with Crippen molar-refractivity contribution in [2.75, 3.05) is 18.8 Å². The third kappa shape index (κ3) is 3.51. The first-order valence-corrected chi connectivity index (χ1v) is 8.88. The Labute approximate surface area is 147 Å². The van der Waals surface area contributed by atoms with E-state index in [2.05, 4.69) is 14.9 Å². The van der Waals surface area contributed by atoms with Crippen molar-refractivity contribution in [1.29, 1.82) is 0 Å². The summed E-state index contributed by atoms with van der Waals surface area (Å²) in [4.78, 5) is 0. The van der Waals surface area contributed by atoms with Crippen molar-refractivity contribution in [3.8, 4) is 11.3 Å². The molecule has 0 aliphatic carbocycles. The lowest BCUT2D eigenvalue weighted by atomic mass is 10.1. The largest absolute Gasteiger partial charge is 0.416 e. The van der Waals surface area contributed by atoms with Crippen LogP contribution in [0, 0.1) is 0 Å². The first kappa shape index (κ1) is 18.2. The number of halogens is 3. The smallest absolute Gasteiger partial charge is 0.277 e. The van der Waals surface area contributed by atoms with Crippen molar-refractivity contribution in [3.05, 3.63) is 48.0 Å². The van der Waals surface area contributed by atoms with Crippen LogP contribution in [0.2, 0.25) is 0 Å². The van der Waals surface area contributed by atoms with Gasteiger partial charge in [-0.25, -0.2) is 0 Å². The molecule has 3 aromatic rings. The molecule has 0 unspecified atom stereocenters. The van der Waals surface area contributed by atoms with Crippen LogP contribution in [-0.4, -0.2) is 37.0 Å². The molecule has 0 aliphatic heterocycles. The summed E-state index contributed by atoms with van der Waals surface area (Å²) >= 11 is 0. The molecule has 138 valence electrons. The van der Waals surface area contributed by atoms with Crippen LogP contribution in [0.3, 0.4) is 0 Å². The molecule has 6 nitrogen and oxygen atoms in total. The second-order valence-corrected chi connectivity index (χ2v) is 7.68. The summed E-state index contributed by atoms with van der Waals surface area (Å²) in [6.07, 6.45) is -4.41. The Kier molecular flexibility index (Phi) is 4.41. The van der Waals surface area contributed by atoms with Crippen LogP contribution in [0.1, 0.15) is 5.56 Å². The Bertz CT molecular complexity index is 1040. The van der Waals surface area contributed by atoms with Gasteiger partial charge >= 0.3 is 16.4 Å². The number of H-pyrrole nitrogens is 1. The Morgan fingerprint density at radius 1 is 1.08 bits per heavy atom. The van der Waals surface area contributed by atoms with Gasteiger partial charge in [-0.1, -0.05) is 12.1 Å². The van der Waals surface area contributed by atoms with Gasteiger partial charge in [-0.3, -0.25) is 9.82 Å². The van der Waals surface area contributed by atoms with Gasteiger partial charge in [0.15, 0.2) is 0 Å². The van der Waals surface area contributed by atoms with Crippen LogP contribution in [0.5, 0.6) is 0 Å². The van der Waals surface area contributed by atoms with E-state index in [-0.39, 0.29) is 0 Å². The highest BCUT2D eigenvalue weighted by atomic mass is 32.2. The van der Waals surface area contributed by atoms with E-state index in [0.29, 0.717) is 27.8 Å². The summed E-state index contributed by atoms with van der Waals surface area (Å²) in [5.74, 6) is 0. The van der Waals surface area contributed by atoms with E-state index in [4.69, 9.17) is 0 Å². The van der Waals surface area contributed by atoms with Crippen LogP contribution < -0.4 is 4.72 Å². The number of nitrogens with zero attached hydrogens (tertiary/aromatic N) is 2. The zero-order valence-corrected chi connectivity index (χ0v) is 14.6. The number of alkyl halides is 3. The molecule has 1 aromatic heterocycles. The molecule has 2 N–H and O–H groups in total. The Balaban J connectivity index is 2.01. The summed E-state index contributed by atoms with van der Waals surface area (Å²) in [6, 6.07) is 9.40. The van der Waals surface area contributed by atoms with Crippen LogP contribution >= 0.6 is 0 Å². The van der Waals surface area contributed by atoms with E-state index in [1.807, 2.05) is 0 Å². The molecule has 0 aliphatic rings. The molecule has 0 bridgehead atoms. The summed E-state index contributed by atoms with van der Waals surface area (Å²) in [6.45, 7) is 0. The zero-order valence-electron chi connectivity index (χ0n) is 13.8. The number of anilines is 1. The molecule has 0 saturated carbocycles. The normalized spacial score (nSPS) is 12.7. The predicted molar refractivity (Wildman–Crippen MR) is 92.8 cm³/mol. The van der Waals surface area contributed by atoms with E-state index in [9.17, 15) is 21.6 Å². The quantitative estimate of drug-likeness (QED) is 0.723. The Hall–Kier alpha value is -2.59. The molecule has 0 fully saturated rings. The SMILES string of the molecule is CN(C)S(=O)(=O)Nc1ccc2[nH]nc(-c3ccc(C(F)(F)F)cc3)c2c1. The summed E-state index contributed by atoms with van der Waals surface area (Å²) in [7, 11) is -0.884. The monoisotopic (exact) mass is 384 g/mol. The lowest BCUT2D eigenvalue weighted by Gasteiger charge is -2.13. The van der Waals surface area contributed by atoms with E-state index in [1.165, 1.54) is 26.2 Å². The molecule has 0 amide bonds. The minimum Gasteiger partial charge on any atom is -0.277 e. The maximum Gasteiger partial charge on any atom is 0.416 e. The van der Waals surface area contributed by atoms with E-state index in [0.717, 1.165) is 16.4 Å². The fraction of sp³-hybridized carbons (Fsp3) is 0.188. The lowest BCUT2D eigenvalue weighted by molar-refractivity contribution is -0.137. The van der Waals surface area contributed by atoms with Crippen molar-refractivity contribution in [2.24, 2.45) is 0 Å². The minimum absolute atomic E-state index is 0.320. The molecule has 0 spiro atoms. The number of nitrogens with one attached hydrogen (secondary N) is 2. The maximum absolute atomic E-state index is 12.7. The first-order valence-electron chi connectivity index (χ1n) is 7.44. The molecular weight excluding hydrogens is 369 g/mol. The van der Waals surface area contributed by atoms with Crippen molar-refractivity contribution in [2.45, 2.75) is 6.18 Å². The molecule has 1 heterocycles. The fourth-order valence-corrected chi connectivity index (χ4v) is 2.96. The molecule has 10 heteroatoms. The highest BCUT2D eigenvalue weighted by Gasteiger charge is 2.30. The minimum atomic E-state index is -4.41. The van der Waals surface area contributed by atoms with Gasteiger partial charge in [-0.15, -0.1) is 0 Å². The van der Waals surface area contributed by atoms with Crippen LogP contribution in [-0.2, 0) is 16.4 Å². The number of benzene rings is 2. The zero-order chi connectivity index (χ0) is 19.1. The Morgan fingerprint density at radius 3 is 2.31 bits per heavy atom. The van der Waals surface area contributed by atoms with Gasteiger partial charge in [0.2, 0.25) is 0 Å². The second-order valence-electron chi connectivity index (χ2n) is 5.80. The molecule has 2 aromatic carbocycles. The molecule has 3 rings (SSSR count). The van der Waals surface area contributed by atoms with E-state index >= 15 is 0 Å². The average Bonchev–Trinajstić information content (AvgIpc) is 2.97. The number of fused-ring (bicyclic) bond motifs is 1. The van der Waals surface area contributed by atoms with Crippen LogP contribution in [0.4, 0.5) is 18.9 Å². The number of aromatic nitrogens is 2. The highest BCUT2D eigenvalue weighted by Crippen LogP contribution is 2.33. The van der Waals surface area contributed by atoms with Crippen molar-refractivity contribution in [3.63, 3.8) is 0 Å². The average molecular weight is 384 g/mol. The van der Waals surface area contributed by atoms with E-state index < -0.39 is 21.9 Å². The summed E-state index contributed by atoms with van der Waals surface area (Å²) < 4.78 is 65.4. The van der Waals surface area contributed by atoms with Crippen LogP contribution in [0.25, 0.3) is 22.2 Å².